The second-order valence-corrected chi connectivity index (χ2v) is 7.57. The standard InChI is InChI=1S/C17H13ClFN3O5S/c1-21-28(25,26)12-4-5-15(19)13(7-12)17(24)27-9-16(23)22-11-3-2-10(8-20)14(18)6-11/h2-7,21H,9H2,1H3,(H,22,23). The summed E-state index contributed by atoms with van der Waals surface area (Å²) >= 11 is 5.85. The number of hydrogen-bond acceptors (Lipinski definition) is 6. The Balaban J connectivity index is 2.06. The van der Waals surface area contributed by atoms with E-state index in [9.17, 15) is 22.4 Å². The van der Waals surface area contributed by atoms with E-state index in [0.29, 0.717) is 0 Å². The molecule has 2 N–H and O–H groups in total. The summed E-state index contributed by atoms with van der Waals surface area (Å²) in [5.74, 6) is -2.95. The Morgan fingerprint density at radius 1 is 1.25 bits per heavy atom. The molecule has 0 aromatic heterocycles. The number of hydrogen-bond donors (Lipinski definition) is 2. The number of rotatable bonds is 6. The van der Waals surface area contributed by atoms with Crippen molar-refractivity contribution in [1.29, 1.82) is 5.26 Å². The number of sulfonamides is 1. The number of esters is 1. The van der Waals surface area contributed by atoms with Crippen LogP contribution in [0.5, 0.6) is 0 Å². The predicted octanol–water partition coefficient (Wildman–Crippen LogP) is 2.05. The third-order valence-electron chi connectivity index (χ3n) is 3.44. The molecule has 0 radical (unpaired) electrons. The zero-order valence-corrected chi connectivity index (χ0v) is 15.9. The fourth-order valence-electron chi connectivity index (χ4n) is 2.04. The molecule has 28 heavy (non-hydrogen) atoms. The molecule has 0 aliphatic rings. The molecule has 0 saturated heterocycles. The van der Waals surface area contributed by atoms with Crippen LogP contribution in [0.2, 0.25) is 5.02 Å². The SMILES string of the molecule is CNS(=O)(=O)c1ccc(F)c(C(=O)OCC(=O)Nc2ccc(C#N)c(Cl)c2)c1. The predicted molar refractivity (Wildman–Crippen MR) is 97.7 cm³/mol. The van der Waals surface area contributed by atoms with Crippen LogP contribution in [0.25, 0.3) is 0 Å². The van der Waals surface area contributed by atoms with Crippen molar-refractivity contribution >= 4 is 39.2 Å². The summed E-state index contributed by atoms with van der Waals surface area (Å²) in [5, 5.41) is 11.3. The van der Waals surface area contributed by atoms with Crippen LogP contribution < -0.4 is 10.0 Å². The maximum Gasteiger partial charge on any atom is 0.341 e. The molecule has 0 saturated carbocycles. The highest BCUT2D eigenvalue weighted by Gasteiger charge is 2.20. The van der Waals surface area contributed by atoms with Crippen molar-refractivity contribution in [2.45, 2.75) is 4.90 Å². The van der Waals surface area contributed by atoms with Crippen molar-refractivity contribution in [2.75, 3.05) is 19.0 Å². The van der Waals surface area contributed by atoms with Gasteiger partial charge in [-0.2, -0.15) is 5.26 Å². The van der Waals surface area contributed by atoms with Crippen molar-refractivity contribution < 1.29 is 27.1 Å². The molecule has 0 spiro atoms. The second-order valence-electron chi connectivity index (χ2n) is 5.28. The van der Waals surface area contributed by atoms with Crippen LogP contribution >= 0.6 is 11.6 Å². The van der Waals surface area contributed by atoms with Gasteiger partial charge in [-0.3, -0.25) is 4.79 Å². The molecule has 8 nitrogen and oxygen atoms in total. The Hall–Kier alpha value is -3.00. The third-order valence-corrected chi connectivity index (χ3v) is 5.17. The van der Waals surface area contributed by atoms with E-state index in [4.69, 9.17) is 21.6 Å². The number of benzene rings is 2. The lowest BCUT2D eigenvalue weighted by molar-refractivity contribution is -0.119. The van der Waals surface area contributed by atoms with Crippen LogP contribution in [0.4, 0.5) is 10.1 Å². The Kier molecular flexibility index (Phi) is 6.69. The van der Waals surface area contributed by atoms with Gasteiger partial charge in [-0.1, -0.05) is 11.6 Å². The van der Waals surface area contributed by atoms with Crippen molar-refractivity contribution in [1.82, 2.24) is 4.72 Å². The van der Waals surface area contributed by atoms with Gasteiger partial charge in [-0.25, -0.2) is 22.3 Å². The first-order valence-electron chi connectivity index (χ1n) is 7.57. The molecule has 0 bridgehead atoms. The van der Waals surface area contributed by atoms with Gasteiger partial charge >= 0.3 is 5.97 Å². The molecule has 2 rings (SSSR count). The Bertz CT molecular complexity index is 1080. The van der Waals surface area contributed by atoms with E-state index in [1.807, 2.05) is 10.8 Å². The van der Waals surface area contributed by atoms with Crippen LogP contribution in [0.15, 0.2) is 41.3 Å². The van der Waals surface area contributed by atoms with Gasteiger partial charge in [0, 0.05) is 5.69 Å². The van der Waals surface area contributed by atoms with Crippen molar-refractivity contribution in [3.63, 3.8) is 0 Å². The summed E-state index contributed by atoms with van der Waals surface area (Å²) < 4.78 is 44.1. The monoisotopic (exact) mass is 425 g/mol. The lowest BCUT2D eigenvalue weighted by atomic mass is 10.2. The minimum absolute atomic E-state index is 0.127. The lowest BCUT2D eigenvalue weighted by Gasteiger charge is -2.09. The summed E-state index contributed by atoms with van der Waals surface area (Å²) in [4.78, 5) is 23.6. The molecule has 2 aromatic rings. The molecule has 0 aliphatic heterocycles. The van der Waals surface area contributed by atoms with E-state index in [1.54, 1.807) is 0 Å². The van der Waals surface area contributed by atoms with Crippen LogP contribution in [0.3, 0.4) is 0 Å². The van der Waals surface area contributed by atoms with E-state index >= 15 is 0 Å². The Morgan fingerprint density at radius 3 is 2.57 bits per heavy atom. The summed E-state index contributed by atoms with van der Waals surface area (Å²) in [6.45, 7) is -0.751. The fraction of sp³-hybridized carbons (Fsp3) is 0.118. The maximum atomic E-state index is 13.8. The molecular weight excluding hydrogens is 413 g/mol. The van der Waals surface area contributed by atoms with Crippen LogP contribution in [0, 0.1) is 17.1 Å². The van der Waals surface area contributed by atoms with E-state index < -0.39 is 39.9 Å². The fourth-order valence-corrected chi connectivity index (χ4v) is 3.01. The summed E-state index contributed by atoms with van der Waals surface area (Å²) in [6.07, 6.45) is 0. The average molecular weight is 426 g/mol. The molecule has 1 amide bonds. The first kappa shape index (κ1) is 21.3. The van der Waals surface area contributed by atoms with Gasteiger partial charge < -0.3 is 10.1 Å². The van der Waals surface area contributed by atoms with E-state index in [2.05, 4.69) is 5.32 Å². The highest BCUT2D eigenvalue weighted by atomic mass is 35.5. The van der Waals surface area contributed by atoms with Crippen molar-refractivity contribution in [2.24, 2.45) is 0 Å². The minimum atomic E-state index is -3.89. The quantitative estimate of drug-likeness (QED) is 0.682. The first-order valence-corrected chi connectivity index (χ1v) is 9.43. The van der Waals surface area contributed by atoms with Gasteiger partial charge in [-0.15, -0.1) is 0 Å². The number of anilines is 1. The summed E-state index contributed by atoms with van der Waals surface area (Å²) in [6, 6.07) is 8.62. The number of nitrogens with one attached hydrogen (secondary N) is 2. The van der Waals surface area contributed by atoms with Gasteiger partial charge in [0.1, 0.15) is 11.9 Å². The van der Waals surface area contributed by atoms with Gasteiger partial charge in [0.25, 0.3) is 5.91 Å². The molecule has 0 heterocycles. The highest BCUT2D eigenvalue weighted by Crippen LogP contribution is 2.20. The smallest absolute Gasteiger partial charge is 0.341 e. The van der Waals surface area contributed by atoms with Crippen molar-refractivity contribution in [3.8, 4) is 6.07 Å². The van der Waals surface area contributed by atoms with Crippen LogP contribution in [0.1, 0.15) is 15.9 Å². The van der Waals surface area contributed by atoms with Gasteiger partial charge in [0.05, 0.1) is 21.0 Å². The number of carbonyl (C=O) groups is 2. The van der Waals surface area contributed by atoms with Crippen LogP contribution in [-0.4, -0.2) is 33.9 Å². The zero-order chi connectivity index (χ0) is 20.9. The molecule has 146 valence electrons. The summed E-state index contributed by atoms with van der Waals surface area (Å²) in [7, 11) is -2.73. The van der Waals surface area contributed by atoms with Gasteiger partial charge in [0.15, 0.2) is 6.61 Å². The number of ether oxygens (including phenoxy) is 1. The Labute approximate surface area is 164 Å². The average Bonchev–Trinajstić information content (AvgIpc) is 2.66. The van der Waals surface area contributed by atoms with E-state index in [0.717, 1.165) is 25.2 Å². The minimum Gasteiger partial charge on any atom is -0.452 e. The molecule has 11 heteroatoms. The van der Waals surface area contributed by atoms with Crippen molar-refractivity contribution in [3.05, 3.63) is 58.4 Å². The zero-order valence-electron chi connectivity index (χ0n) is 14.3. The molecule has 0 unspecified atom stereocenters. The maximum absolute atomic E-state index is 13.8. The second kappa shape index (κ2) is 8.79. The number of amides is 1. The number of nitriles is 1. The molecule has 0 aliphatic carbocycles. The number of nitrogens with zero attached hydrogens (tertiary/aromatic N) is 1. The highest BCUT2D eigenvalue weighted by molar-refractivity contribution is 7.89. The molecule has 0 fully saturated rings. The number of halogens is 2. The third kappa shape index (κ3) is 5.04. The van der Waals surface area contributed by atoms with E-state index in [-0.39, 0.29) is 21.2 Å². The van der Waals surface area contributed by atoms with Crippen LogP contribution in [-0.2, 0) is 19.6 Å². The van der Waals surface area contributed by atoms with Gasteiger partial charge in [0.2, 0.25) is 10.0 Å². The topological polar surface area (TPSA) is 125 Å². The summed E-state index contributed by atoms with van der Waals surface area (Å²) in [5.41, 5.74) is -0.151. The Morgan fingerprint density at radius 2 is 1.96 bits per heavy atom. The largest absolute Gasteiger partial charge is 0.452 e. The molecule has 0 atom stereocenters. The van der Waals surface area contributed by atoms with E-state index in [1.165, 1.54) is 18.2 Å². The normalized spacial score (nSPS) is 10.8. The first-order chi connectivity index (χ1) is 13.2. The number of carbonyl (C=O) groups excluding carboxylic acids is 2. The van der Waals surface area contributed by atoms with Gasteiger partial charge in [-0.05, 0) is 43.4 Å². The molecular formula is C17H13ClFN3O5S. The lowest BCUT2D eigenvalue weighted by Crippen LogP contribution is -2.22. The molecule has 2 aromatic carbocycles.